The lowest BCUT2D eigenvalue weighted by atomic mass is 10.2. The van der Waals surface area contributed by atoms with Crippen LogP contribution in [-0.2, 0) is 4.79 Å². The maximum Gasteiger partial charge on any atom is 0.247 e. The van der Waals surface area contributed by atoms with E-state index in [4.69, 9.17) is 0 Å². The van der Waals surface area contributed by atoms with E-state index in [2.05, 4.69) is 38.9 Å². The van der Waals surface area contributed by atoms with Crippen LogP contribution in [0.25, 0.3) is 20.8 Å². The molecule has 0 aliphatic rings. The Kier molecular flexibility index (Phi) is 3.86. The largest absolute Gasteiger partial charge is 0.323 e. The van der Waals surface area contributed by atoms with E-state index in [1.807, 2.05) is 36.4 Å². The predicted molar refractivity (Wildman–Crippen MR) is 91.6 cm³/mol. The van der Waals surface area contributed by atoms with Crippen molar-refractivity contribution in [1.82, 2.24) is 4.98 Å². The number of nitrogens with zero attached hydrogens (tertiary/aromatic N) is 1. The molecule has 0 spiro atoms. The molecular formula is C16H11BrN2OS. The fourth-order valence-corrected chi connectivity index (χ4v) is 3.21. The molecule has 1 aromatic heterocycles. The van der Waals surface area contributed by atoms with Crippen molar-refractivity contribution in [2.75, 3.05) is 5.32 Å². The van der Waals surface area contributed by atoms with Crippen molar-refractivity contribution in [2.45, 2.75) is 0 Å². The van der Waals surface area contributed by atoms with Gasteiger partial charge < -0.3 is 5.32 Å². The number of amides is 1. The van der Waals surface area contributed by atoms with Crippen LogP contribution in [0.3, 0.4) is 0 Å². The maximum absolute atomic E-state index is 11.2. The van der Waals surface area contributed by atoms with Crippen molar-refractivity contribution in [2.24, 2.45) is 0 Å². The van der Waals surface area contributed by atoms with Gasteiger partial charge in [-0.2, -0.15) is 0 Å². The second-order valence-corrected chi connectivity index (χ2v) is 6.35. The Morgan fingerprint density at radius 1 is 1.24 bits per heavy atom. The van der Waals surface area contributed by atoms with Gasteiger partial charge in [-0.15, -0.1) is 11.3 Å². The number of halogens is 1. The number of thiazole rings is 1. The molecule has 1 N–H and O–H groups in total. The summed E-state index contributed by atoms with van der Waals surface area (Å²) in [5, 5.41) is 3.69. The zero-order valence-corrected chi connectivity index (χ0v) is 13.4. The van der Waals surface area contributed by atoms with Gasteiger partial charge in [-0.3, -0.25) is 4.79 Å². The molecule has 3 aromatic rings. The van der Waals surface area contributed by atoms with Crippen LogP contribution in [0, 0.1) is 0 Å². The van der Waals surface area contributed by atoms with E-state index in [9.17, 15) is 4.79 Å². The average Bonchev–Trinajstić information content (AvgIpc) is 2.90. The highest BCUT2D eigenvalue weighted by atomic mass is 79.9. The Morgan fingerprint density at radius 3 is 2.71 bits per heavy atom. The molecule has 1 heterocycles. The second-order valence-electron chi connectivity index (χ2n) is 4.40. The molecule has 0 bridgehead atoms. The average molecular weight is 359 g/mol. The number of rotatable bonds is 3. The van der Waals surface area contributed by atoms with E-state index in [1.54, 1.807) is 11.3 Å². The molecule has 3 rings (SSSR count). The Hall–Kier alpha value is -1.98. The molecule has 3 nitrogen and oxygen atoms in total. The summed E-state index contributed by atoms with van der Waals surface area (Å²) in [5.41, 5.74) is 2.75. The van der Waals surface area contributed by atoms with Gasteiger partial charge in [-0.25, -0.2) is 4.98 Å². The molecule has 0 unspecified atom stereocenters. The first-order valence-electron chi connectivity index (χ1n) is 6.25. The monoisotopic (exact) mass is 358 g/mol. The summed E-state index contributed by atoms with van der Waals surface area (Å²) in [6, 6.07) is 13.7. The molecule has 2 aromatic carbocycles. The summed E-state index contributed by atoms with van der Waals surface area (Å²) < 4.78 is 2.17. The van der Waals surface area contributed by atoms with Crippen LogP contribution in [-0.4, -0.2) is 10.9 Å². The summed E-state index contributed by atoms with van der Waals surface area (Å²) in [6.07, 6.45) is 1.25. The highest BCUT2D eigenvalue weighted by Crippen LogP contribution is 2.32. The molecule has 0 saturated heterocycles. The quantitative estimate of drug-likeness (QED) is 0.680. The summed E-state index contributed by atoms with van der Waals surface area (Å²) in [7, 11) is 0. The lowest BCUT2D eigenvalue weighted by Gasteiger charge is -2.02. The van der Waals surface area contributed by atoms with Gasteiger partial charge in [-0.05, 0) is 48.5 Å². The van der Waals surface area contributed by atoms with Gasteiger partial charge in [0.2, 0.25) is 5.91 Å². The van der Waals surface area contributed by atoms with Gasteiger partial charge in [0.1, 0.15) is 5.01 Å². The highest BCUT2D eigenvalue weighted by molar-refractivity contribution is 9.10. The molecule has 1 amide bonds. The summed E-state index contributed by atoms with van der Waals surface area (Å²) in [4.78, 5) is 15.9. The number of carbonyl (C=O) groups is 1. The first-order chi connectivity index (χ1) is 10.2. The summed E-state index contributed by atoms with van der Waals surface area (Å²) in [6.45, 7) is 3.43. The van der Waals surface area contributed by atoms with Crippen LogP contribution in [0.2, 0.25) is 0 Å². The van der Waals surface area contributed by atoms with Crippen molar-refractivity contribution in [3.8, 4) is 10.6 Å². The van der Waals surface area contributed by atoms with E-state index in [1.165, 1.54) is 6.08 Å². The number of aromatic nitrogens is 1. The standard InChI is InChI=1S/C16H11BrN2OS/c1-2-15(20)18-12-6-3-10(4-7-12)16-19-13-9-11(17)5-8-14(13)21-16/h2-9H,1H2,(H,18,20). The molecule has 5 heteroatoms. The van der Waals surface area contributed by atoms with Crippen molar-refractivity contribution < 1.29 is 4.79 Å². The number of hydrogen-bond acceptors (Lipinski definition) is 3. The number of anilines is 1. The zero-order chi connectivity index (χ0) is 14.8. The smallest absolute Gasteiger partial charge is 0.247 e. The molecule has 0 radical (unpaired) electrons. The molecule has 104 valence electrons. The van der Waals surface area contributed by atoms with Crippen molar-refractivity contribution >= 4 is 49.1 Å². The van der Waals surface area contributed by atoms with E-state index in [0.717, 1.165) is 30.9 Å². The number of hydrogen-bond donors (Lipinski definition) is 1. The lowest BCUT2D eigenvalue weighted by molar-refractivity contribution is -0.111. The molecule has 0 aliphatic carbocycles. The number of benzene rings is 2. The maximum atomic E-state index is 11.2. The van der Waals surface area contributed by atoms with E-state index >= 15 is 0 Å². The number of carbonyl (C=O) groups excluding carboxylic acids is 1. The van der Waals surface area contributed by atoms with Crippen molar-refractivity contribution in [3.05, 3.63) is 59.6 Å². The minimum atomic E-state index is -0.215. The van der Waals surface area contributed by atoms with Crippen LogP contribution in [0.1, 0.15) is 0 Å². The van der Waals surface area contributed by atoms with Crippen molar-refractivity contribution in [1.29, 1.82) is 0 Å². The van der Waals surface area contributed by atoms with Gasteiger partial charge in [0, 0.05) is 15.7 Å². The molecule has 0 saturated carbocycles. The second kappa shape index (κ2) is 5.79. The van der Waals surface area contributed by atoms with Gasteiger partial charge in [0.15, 0.2) is 0 Å². The van der Waals surface area contributed by atoms with Crippen molar-refractivity contribution in [3.63, 3.8) is 0 Å². The molecule has 0 aliphatic heterocycles. The predicted octanol–water partition coefficient (Wildman–Crippen LogP) is 4.85. The molecule has 21 heavy (non-hydrogen) atoms. The Bertz CT molecular complexity index is 824. The van der Waals surface area contributed by atoms with Gasteiger partial charge in [-0.1, -0.05) is 22.5 Å². The highest BCUT2D eigenvalue weighted by Gasteiger charge is 2.07. The molecular weight excluding hydrogens is 348 g/mol. The third kappa shape index (κ3) is 3.04. The third-order valence-corrected chi connectivity index (χ3v) is 4.51. The van der Waals surface area contributed by atoms with Crippen LogP contribution < -0.4 is 5.32 Å². The fourth-order valence-electron chi connectivity index (χ4n) is 1.91. The Morgan fingerprint density at radius 2 is 2.00 bits per heavy atom. The Labute approximate surface area is 134 Å². The first-order valence-corrected chi connectivity index (χ1v) is 7.86. The lowest BCUT2D eigenvalue weighted by Crippen LogP contribution is -2.06. The van der Waals surface area contributed by atoms with E-state index in [0.29, 0.717) is 0 Å². The summed E-state index contributed by atoms with van der Waals surface area (Å²) in [5.74, 6) is -0.215. The fraction of sp³-hybridized carbons (Fsp3) is 0. The molecule has 0 atom stereocenters. The SMILES string of the molecule is C=CC(=O)Nc1ccc(-c2nc3cc(Br)ccc3s2)cc1. The van der Waals surface area contributed by atoms with Gasteiger partial charge in [0.25, 0.3) is 0 Å². The molecule has 0 fully saturated rings. The van der Waals surface area contributed by atoms with Crippen LogP contribution in [0.15, 0.2) is 59.6 Å². The topological polar surface area (TPSA) is 42.0 Å². The third-order valence-electron chi connectivity index (χ3n) is 2.93. The minimum absolute atomic E-state index is 0.215. The number of nitrogens with one attached hydrogen (secondary N) is 1. The van der Waals surface area contributed by atoms with E-state index < -0.39 is 0 Å². The summed E-state index contributed by atoms with van der Waals surface area (Å²) >= 11 is 5.10. The number of fused-ring (bicyclic) bond motifs is 1. The van der Waals surface area contributed by atoms with E-state index in [-0.39, 0.29) is 5.91 Å². The van der Waals surface area contributed by atoms with Crippen LogP contribution in [0.4, 0.5) is 5.69 Å². The van der Waals surface area contributed by atoms with Gasteiger partial charge >= 0.3 is 0 Å². The Balaban J connectivity index is 1.91. The zero-order valence-electron chi connectivity index (χ0n) is 11.0. The van der Waals surface area contributed by atoms with Gasteiger partial charge in [0.05, 0.1) is 10.2 Å². The minimum Gasteiger partial charge on any atom is -0.323 e. The van der Waals surface area contributed by atoms with Crippen LogP contribution >= 0.6 is 27.3 Å². The first kappa shape index (κ1) is 14.0. The normalized spacial score (nSPS) is 10.5. The van der Waals surface area contributed by atoms with Crippen LogP contribution in [0.5, 0.6) is 0 Å².